The fourth-order valence-electron chi connectivity index (χ4n) is 2.21. The average molecular weight is 305 g/mol. The molecule has 21 heavy (non-hydrogen) atoms. The van der Waals surface area contributed by atoms with Gasteiger partial charge < -0.3 is 4.90 Å². The number of rotatable bonds is 4. The van der Waals surface area contributed by atoms with Crippen molar-refractivity contribution in [3.05, 3.63) is 64.7 Å². The third-order valence-electron chi connectivity index (χ3n) is 3.49. The predicted octanol–water partition coefficient (Wildman–Crippen LogP) is 3.68. The molecular formula is C16H14ClFN2O. The molecule has 1 aliphatic carbocycles. The van der Waals surface area contributed by atoms with E-state index in [9.17, 15) is 9.18 Å². The second-order valence-electron chi connectivity index (χ2n) is 5.16. The van der Waals surface area contributed by atoms with Crippen molar-refractivity contribution in [3.8, 4) is 0 Å². The first-order valence-electron chi connectivity index (χ1n) is 6.80. The molecular weight excluding hydrogens is 291 g/mol. The maximum absolute atomic E-state index is 13.0. The molecule has 1 fully saturated rings. The highest BCUT2D eigenvalue weighted by molar-refractivity contribution is 6.29. The van der Waals surface area contributed by atoms with Gasteiger partial charge in [-0.3, -0.25) is 4.79 Å². The predicted molar refractivity (Wildman–Crippen MR) is 78.5 cm³/mol. The second kappa shape index (κ2) is 5.82. The first kappa shape index (κ1) is 14.0. The third kappa shape index (κ3) is 3.39. The minimum Gasteiger partial charge on any atom is -0.331 e. The number of aromatic nitrogens is 1. The van der Waals surface area contributed by atoms with Crippen LogP contribution in [-0.4, -0.2) is 21.8 Å². The van der Waals surface area contributed by atoms with E-state index >= 15 is 0 Å². The normalized spacial score (nSPS) is 14.0. The zero-order valence-corrected chi connectivity index (χ0v) is 12.1. The standard InChI is InChI=1S/C16H14ClFN2O/c17-15-8-3-12(9-19-15)16(21)20(14-6-7-14)10-11-1-4-13(18)5-2-11/h1-5,8-9,14H,6-7,10H2. The van der Waals surface area contributed by atoms with Gasteiger partial charge in [0, 0.05) is 18.8 Å². The first-order valence-corrected chi connectivity index (χ1v) is 7.18. The van der Waals surface area contributed by atoms with E-state index in [4.69, 9.17) is 11.6 Å². The van der Waals surface area contributed by atoms with Crippen molar-refractivity contribution in [2.24, 2.45) is 0 Å². The van der Waals surface area contributed by atoms with Crippen molar-refractivity contribution in [1.29, 1.82) is 0 Å². The Morgan fingerprint density at radius 2 is 1.95 bits per heavy atom. The van der Waals surface area contributed by atoms with Crippen molar-refractivity contribution in [1.82, 2.24) is 9.88 Å². The van der Waals surface area contributed by atoms with E-state index in [2.05, 4.69) is 4.98 Å². The quantitative estimate of drug-likeness (QED) is 0.807. The maximum Gasteiger partial charge on any atom is 0.255 e. The topological polar surface area (TPSA) is 33.2 Å². The van der Waals surface area contributed by atoms with Crippen molar-refractivity contribution >= 4 is 17.5 Å². The summed E-state index contributed by atoms with van der Waals surface area (Å²) in [5.74, 6) is -0.337. The van der Waals surface area contributed by atoms with Crippen molar-refractivity contribution in [2.45, 2.75) is 25.4 Å². The van der Waals surface area contributed by atoms with Gasteiger partial charge in [-0.15, -0.1) is 0 Å². The van der Waals surface area contributed by atoms with E-state index in [0.717, 1.165) is 18.4 Å². The molecule has 5 heteroatoms. The molecule has 3 rings (SSSR count). The van der Waals surface area contributed by atoms with Crippen LogP contribution in [0.3, 0.4) is 0 Å². The summed E-state index contributed by atoms with van der Waals surface area (Å²) in [4.78, 5) is 18.3. The lowest BCUT2D eigenvalue weighted by molar-refractivity contribution is 0.0729. The van der Waals surface area contributed by atoms with Gasteiger partial charge in [0.2, 0.25) is 0 Å². The van der Waals surface area contributed by atoms with Crippen LogP contribution in [0.15, 0.2) is 42.6 Å². The summed E-state index contributed by atoms with van der Waals surface area (Å²) in [5.41, 5.74) is 1.44. The molecule has 2 aromatic rings. The zero-order valence-electron chi connectivity index (χ0n) is 11.3. The number of amides is 1. The SMILES string of the molecule is O=C(c1ccc(Cl)nc1)N(Cc1ccc(F)cc1)C1CC1. The van der Waals surface area contributed by atoms with E-state index in [0.29, 0.717) is 17.3 Å². The van der Waals surface area contributed by atoms with Crippen molar-refractivity contribution in [2.75, 3.05) is 0 Å². The summed E-state index contributed by atoms with van der Waals surface area (Å²) >= 11 is 5.74. The van der Waals surface area contributed by atoms with Gasteiger partial charge >= 0.3 is 0 Å². The molecule has 0 atom stereocenters. The molecule has 0 spiro atoms. The Morgan fingerprint density at radius 3 is 2.52 bits per heavy atom. The Kier molecular flexibility index (Phi) is 3.88. The van der Waals surface area contributed by atoms with Gasteiger partial charge in [-0.05, 0) is 42.7 Å². The molecule has 0 saturated heterocycles. The molecule has 108 valence electrons. The molecule has 1 heterocycles. The van der Waals surface area contributed by atoms with Gasteiger partial charge in [0.05, 0.1) is 5.56 Å². The number of nitrogens with zero attached hydrogens (tertiary/aromatic N) is 2. The van der Waals surface area contributed by atoms with Gasteiger partial charge in [0.15, 0.2) is 0 Å². The van der Waals surface area contributed by atoms with E-state index < -0.39 is 0 Å². The molecule has 0 bridgehead atoms. The molecule has 1 amide bonds. The number of pyridine rings is 1. The lowest BCUT2D eigenvalue weighted by Crippen LogP contribution is -2.32. The Labute approximate surface area is 127 Å². The summed E-state index contributed by atoms with van der Waals surface area (Å²) in [6.45, 7) is 0.479. The highest BCUT2D eigenvalue weighted by Crippen LogP contribution is 2.30. The lowest BCUT2D eigenvalue weighted by Gasteiger charge is -2.22. The summed E-state index contributed by atoms with van der Waals surface area (Å²) < 4.78 is 13.0. The van der Waals surface area contributed by atoms with Crippen LogP contribution in [0.4, 0.5) is 4.39 Å². The van der Waals surface area contributed by atoms with Crippen LogP contribution < -0.4 is 0 Å². The summed E-state index contributed by atoms with van der Waals surface area (Å²) in [6.07, 6.45) is 3.51. The van der Waals surface area contributed by atoms with Crippen LogP contribution in [-0.2, 0) is 6.54 Å². The molecule has 3 nitrogen and oxygen atoms in total. The highest BCUT2D eigenvalue weighted by Gasteiger charge is 2.33. The molecule has 0 unspecified atom stereocenters. The molecule has 1 saturated carbocycles. The fraction of sp³-hybridized carbons (Fsp3) is 0.250. The van der Waals surface area contributed by atoms with Crippen LogP contribution in [0.5, 0.6) is 0 Å². The van der Waals surface area contributed by atoms with E-state index in [-0.39, 0.29) is 17.8 Å². The minimum atomic E-state index is -0.273. The van der Waals surface area contributed by atoms with Crippen LogP contribution in [0, 0.1) is 5.82 Å². The minimum absolute atomic E-state index is 0.0639. The highest BCUT2D eigenvalue weighted by atomic mass is 35.5. The molecule has 0 radical (unpaired) electrons. The lowest BCUT2D eigenvalue weighted by atomic mass is 10.2. The number of carbonyl (C=O) groups is 1. The Morgan fingerprint density at radius 1 is 1.24 bits per heavy atom. The Bertz CT molecular complexity index is 638. The van der Waals surface area contributed by atoms with E-state index in [1.54, 1.807) is 24.3 Å². The van der Waals surface area contributed by atoms with E-state index in [1.165, 1.54) is 18.3 Å². The molecule has 0 N–H and O–H groups in total. The smallest absolute Gasteiger partial charge is 0.255 e. The van der Waals surface area contributed by atoms with Crippen molar-refractivity contribution in [3.63, 3.8) is 0 Å². The summed E-state index contributed by atoms with van der Waals surface area (Å²) in [5, 5.41) is 0.364. The van der Waals surface area contributed by atoms with Gasteiger partial charge in [-0.25, -0.2) is 9.37 Å². The number of carbonyl (C=O) groups excluding carboxylic acids is 1. The second-order valence-corrected chi connectivity index (χ2v) is 5.55. The monoisotopic (exact) mass is 304 g/mol. The van der Waals surface area contributed by atoms with Crippen molar-refractivity contribution < 1.29 is 9.18 Å². The maximum atomic E-state index is 13.0. The Hall–Kier alpha value is -1.94. The van der Waals surface area contributed by atoms with Gasteiger partial charge in [0.1, 0.15) is 11.0 Å². The van der Waals surface area contributed by atoms with Gasteiger partial charge in [0.25, 0.3) is 5.91 Å². The first-order chi connectivity index (χ1) is 10.1. The molecule has 1 aliphatic rings. The van der Waals surface area contributed by atoms with Crippen LogP contribution in [0.1, 0.15) is 28.8 Å². The zero-order chi connectivity index (χ0) is 14.8. The largest absolute Gasteiger partial charge is 0.331 e. The molecule has 0 aliphatic heterocycles. The Balaban J connectivity index is 1.79. The van der Waals surface area contributed by atoms with E-state index in [1.807, 2.05) is 4.90 Å². The molecule has 1 aromatic heterocycles. The fourth-order valence-corrected chi connectivity index (χ4v) is 2.32. The van der Waals surface area contributed by atoms with Gasteiger partial charge in [-0.1, -0.05) is 23.7 Å². The number of hydrogen-bond acceptors (Lipinski definition) is 2. The number of hydrogen-bond donors (Lipinski definition) is 0. The van der Waals surface area contributed by atoms with Crippen LogP contribution in [0.25, 0.3) is 0 Å². The number of benzene rings is 1. The average Bonchev–Trinajstić information content (AvgIpc) is 3.31. The summed E-state index contributed by atoms with van der Waals surface area (Å²) in [6, 6.07) is 9.79. The van der Waals surface area contributed by atoms with Crippen LogP contribution in [0.2, 0.25) is 5.15 Å². The van der Waals surface area contributed by atoms with Gasteiger partial charge in [-0.2, -0.15) is 0 Å². The molecule has 1 aromatic carbocycles. The van der Waals surface area contributed by atoms with Crippen LogP contribution >= 0.6 is 11.6 Å². The number of halogens is 2. The third-order valence-corrected chi connectivity index (χ3v) is 3.71. The summed E-state index contributed by atoms with van der Waals surface area (Å²) in [7, 11) is 0.